The molecule has 0 saturated carbocycles. The van der Waals surface area contributed by atoms with Gasteiger partial charge < -0.3 is 30.0 Å². The fourth-order valence-electron chi connectivity index (χ4n) is 5.39. The normalized spacial score (nSPS) is 16.9. The number of hydrogen-bond donors (Lipinski definition) is 2. The van der Waals surface area contributed by atoms with Crippen LogP contribution < -0.4 is 10.5 Å². The van der Waals surface area contributed by atoms with Crippen LogP contribution in [0.5, 0.6) is 5.75 Å². The van der Waals surface area contributed by atoms with Gasteiger partial charge in [-0.2, -0.15) is 0 Å². The van der Waals surface area contributed by atoms with E-state index in [-0.39, 0.29) is 19.1 Å². The molecule has 0 aliphatic carbocycles. The number of nitrogens with two attached hydrogens (primary N) is 1. The molecule has 1 fully saturated rings. The maximum Gasteiger partial charge on any atom is 0.254 e. The highest BCUT2D eigenvalue weighted by Gasteiger charge is 2.44. The summed E-state index contributed by atoms with van der Waals surface area (Å²) in [6.07, 6.45) is 0.854. The summed E-state index contributed by atoms with van der Waals surface area (Å²) < 4.78 is 32.5. The number of nitrogens with zero attached hydrogens (tertiary/aromatic N) is 1. The Bertz CT molecular complexity index is 1300. The van der Waals surface area contributed by atoms with E-state index in [2.05, 4.69) is 0 Å². The second-order valence-corrected chi connectivity index (χ2v) is 10.3. The van der Waals surface area contributed by atoms with Crippen molar-refractivity contribution in [3.05, 3.63) is 88.7 Å². The molecular weight excluding hydrogens is 511 g/mol. The molecule has 214 valence electrons. The first-order valence-corrected chi connectivity index (χ1v) is 13.7. The number of morpholine rings is 1. The molecule has 0 unspecified atom stereocenters. The highest BCUT2D eigenvalue weighted by molar-refractivity contribution is 5.94. The fraction of sp³-hybridized carbons (Fsp3) is 0.406. The summed E-state index contributed by atoms with van der Waals surface area (Å²) in [5.41, 5.74) is 7.83. The zero-order chi connectivity index (χ0) is 28.7. The van der Waals surface area contributed by atoms with Gasteiger partial charge in [-0.1, -0.05) is 30.3 Å². The van der Waals surface area contributed by atoms with Crippen molar-refractivity contribution in [1.82, 2.24) is 4.90 Å². The van der Waals surface area contributed by atoms with E-state index in [0.29, 0.717) is 67.0 Å². The van der Waals surface area contributed by atoms with Gasteiger partial charge in [0.2, 0.25) is 0 Å². The van der Waals surface area contributed by atoms with Gasteiger partial charge in [-0.25, -0.2) is 4.39 Å². The number of rotatable bonds is 11. The van der Waals surface area contributed by atoms with Gasteiger partial charge in [-0.05, 0) is 78.8 Å². The van der Waals surface area contributed by atoms with Gasteiger partial charge in [-0.15, -0.1) is 0 Å². The number of unbranched alkanes of at least 4 members (excludes halogenated alkanes) is 1. The monoisotopic (exact) mass is 550 g/mol. The Morgan fingerprint density at radius 2 is 1.93 bits per heavy atom. The Balaban J connectivity index is 1.73. The van der Waals surface area contributed by atoms with E-state index in [1.807, 2.05) is 31.2 Å². The molecule has 7 nitrogen and oxygen atoms in total. The molecule has 40 heavy (non-hydrogen) atoms. The Morgan fingerprint density at radius 3 is 2.62 bits per heavy atom. The maximum absolute atomic E-state index is 15.6. The summed E-state index contributed by atoms with van der Waals surface area (Å²) in [5, 5.41) is 12.5. The van der Waals surface area contributed by atoms with Gasteiger partial charge in [0.1, 0.15) is 23.3 Å². The quantitative estimate of drug-likeness (QED) is 0.333. The van der Waals surface area contributed by atoms with Crippen molar-refractivity contribution in [2.24, 2.45) is 5.73 Å². The van der Waals surface area contributed by atoms with Crippen molar-refractivity contribution in [2.45, 2.75) is 44.4 Å². The minimum atomic E-state index is -1.58. The smallest absolute Gasteiger partial charge is 0.254 e. The average molecular weight is 551 g/mol. The number of carbonyl (C=O) groups is 1. The first kappa shape index (κ1) is 29.7. The molecule has 1 aliphatic heterocycles. The third kappa shape index (κ3) is 6.53. The van der Waals surface area contributed by atoms with Crippen LogP contribution in [0.4, 0.5) is 4.39 Å². The summed E-state index contributed by atoms with van der Waals surface area (Å²) >= 11 is 0. The molecule has 3 N–H and O–H groups in total. The Hall–Kier alpha value is -3.30. The Morgan fingerprint density at radius 1 is 1.15 bits per heavy atom. The van der Waals surface area contributed by atoms with Gasteiger partial charge in [0.25, 0.3) is 5.91 Å². The number of ether oxygens (including phenoxy) is 3. The van der Waals surface area contributed by atoms with E-state index >= 15 is 4.39 Å². The molecule has 3 aromatic carbocycles. The number of halogens is 1. The van der Waals surface area contributed by atoms with Crippen LogP contribution in [0.1, 0.15) is 46.3 Å². The van der Waals surface area contributed by atoms with Crippen LogP contribution in [0.2, 0.25) is 0 Å². The predicted molar refractivity (Wildman–Crippen MR) is 153 cm³/mol. The summed E-state index contributed by atoms with van der Waals surface area (Å²) in [7, 11) is 3.20. The number of aliphatic hydroxyl groups is 1. The van der Waals surface area contributed by atoms with E-state index < -0.39 is 17.5 Å². The number of aryl methyl sites for hydroxylation is 1. The SMILES string of the molecule is COCCCC[C@](O)(c1cccc(F)c1-c1cc(C)cc(OC)c1)[C@H]1CN(C(=O)c2ccc(CN)cc2)CCO1. The van der Waals surface area contributed by atoms with Crippen molar-refractivity contribution < 1.29 is 28.5 Å². The molecule has 4 rings (SSSR count). The third-order valence-electron chi connectivity index (χ3n) is 7.53. The zero-order valence-electron chi connectivity index (χ0n) is 23.5. The molecule has 8 heteroatoms. The summed E-state index contributed by atoms with van der Waals surface area (Å²) in [4.78, 5) is 15.1. The van der Waals surface area contributed by atoms with E-state index in [9.17, 15) is 9.90 Å². The first-order valence-electron chi connectivity index (χ1n) is 13.7. The van der Waals surface area contributed by atoms with E-state index in [0.717, 1.165) is 11.1 Å². The van der Waals surface area contributed by atoms with Crippen LogP contribution in [0, 0.1) is 12.7 Å². The Labute approximate surface area is 235 Å². The minimum absolute atomic E-state index is 0.151. The largest absolute Gasteiger partial charge is 0.497 e. The topological polar surface area (TPSA) is 94.2 Å². The molecule has 2 atom stereocenters. The first-order chi connectivity index (χ1) is 19.3. The van der Waals surface area contributed by atoms with Gasteiger partial charge in [-0.3, -0.25) is 4.79 Å². The van der Waals surface area contributed by atoms with E-state index in [1.165, 1.54) is 6.07 Å². The van der Waals surface area contributed by atoms with Gasteiger partial charge in [0, 0.05) is 37.9 Å². The van der Waals surface area contributed by atoms with E-state index in [4.69, 9.17) is 19.9 Å². The molecule has 0 bridgehead atoms. The number of amides is 1. The van der Waals surface area contributed by atoms with Crippen LogP contribution in [0.25, 0.3) is 11.1 Å². The highest BCUT2D eigenvalue weighted by Crippen LogP contribution is 2.42. The van der Waals surface area contributed by atoms with Crippen molar-refractivity contribution in [3.63, 3.8) is 0 Å². The molecule has 0 spiro atoms. The fourth-order valence-corrected chi connectivity index (χ4v) is 5.39. The van der Waals surface area contributed by atoms with Gasteiger partial charge in [0.05, 0.1) is 20.3 Å². The molecule has 1 amide bonds. The maximum atomic E-state index is 15.6. The molecule has 1 heterocycles. The molecule has 0 aromatic heterocycles. The summed E-state index contributed by atoms with van der Waals surface area (Å²) in [5.74, 6) is -0.00937. The van der Waals surface area contributed by atoms with Crippen molar-refractivity contribution in [2.75, 3.05) is 40.5 Å². The standard InChI is InChI=1S/C32H39FN2O5/c1-22-17-25(19-26(18-22)39-3)30-27(7-6-8-28(30)33)32(37,13-4-5-15-38-2)29-21-35(14-16-40-29)31(36)24-11-9-23(20-34)10-12-24/h6-12,17-19,29,37H,4-5,13-16,20-21,34H2,1-3H3/t29-,32+/m1/s1. The molecule has 1 saturated heterocycles. The van der Waals surface area contributed by atoms with Crippen LogP contribution in [0.15, 0.2) is 60.7 Å². The number of benzene rings is 3. The number of carbonyl (C=O) groups excluding carboxylic acids is 1. The second-order valence-electron chi connectivity index (χ2n) is 10.3. The van der Waals surface area contributed by atoms with Crippen LogP contribution in [0.3, 0.4) is 0 Å². The number of hydrogen-bond acceptors (Lipinski definition) is 6. The second kappa shape index (κ2) is 13.4. The highest BCUT2D eigenvalue weighted by atomic mass is 19.1. The van der Waals surface area contributed by atoms with Crippen molar-refractivity contribution in [1.29, 1.82) is 0 Å². The summed E-state index contributed by atoms with van der Waals surface area (Å²) in [6.45, 7) is 3.64. The molecule has 0 radical (unpaired) electrons. The average Bonchev–Trinajstić information content (AvgIpc) is 2.98. The third-order valence-corrected chi connectivity index (χ3v) is 7.53. The van der Waals surface area contributed by atoms with Crippen molar-refractivity contribution >= 4 is 5.91 Å². The minimum Gasteiger partial charge on any atom is -0.497 e. The van der Waals surface area contributed by atoms with Gasteiger partial charge >= 0.3 is 0 Å². The van der Waals surface area contributed by atoms with Crippen LogP contribution in [-0.2, 0) is 21.6 Å². The lowest BCUT2D eigenvalue weighted by Gasteiger charge is -2.43. The zero-order valence-corrected chi connectivity index (χ0v) is 23.5. The number of methoxy groups -OCH3 is 2. The van der Waals surface area contributed by atoms with Crippen LogP contribution in [-0.4, -0.2) is 62.5 Å². The van der Waals surface area contributed by atoms with Gasteiger partial charge in [0.15, 0.2) is 0 Å². The lowest BCUT2D eigenvalue weighted by molar-refractivity contribution is -0.146. The van der Waals surface area contributed by atoms with Crippen LogP contribution >= 0.6 is 0 Å². The molecule has 3 aromatic rings. The lowest BCUT2D eigenvalue weighted by atomic mass is 9.78. The van der Waals surface area contributed by atoms with E-state index in [1.54, 1.807) is 49.5 Å². The lowest BCUT2D eigenvalue weighted by Crippen LogP contribution is -2.54. The Kier molecular flexibility index (Phi) is 9.92. The van der Waals surface area contributed by atoms with Crippen molar-refractivity contribution in [3.8, 4) is 16.9 Å². The summed E-state index contributed by atoms with van der Waals surface area (Å²) in [6, 6.07) is 17.5. The predicted octanol–water partition coefficient (Wildman–Crippen LogP) is 4.81. The molecular formula is C32H39FN2O5. The molecule has 1 aliphatic rings.